The molecule has 4 nitrogen and oxygen atoms in total. The lowest BCUT2D eigenvalue weighted by Crippen LogP contribution is -2.34. The highest BCUT2D eigenvalue weighted by Gasteiger charge is 2.11. The van der Waals surface area contributed by atoms with E-state index in [2.05, 4.69) is 58.4 Å². The Hall–Kier alpha value is -0.530. The second kappa shape index (κ2) is 5.20. The lowest BCUT2D eigenvalue weighted by atomic mass is 10.3. The molecule has 1 heterocycles. The molecule has 0 spiro atoms. The zero-order valence-corrected chi connectivity index (χ0v) is 12.6. The molecule has 0 aromatic heterocycles. The average Bonchev–Trinajstić information content (AvgIpc) is 2.31. The minimum atomic E-state index is 0.671. The Balaban J connectivity index is 2.19. The number of rotatable bonds is 2. The quantitative estimate of drug-likeness (QED) is 0.756. The van der Waals surface area contributed by atoms with E-state index in [1.807, 2.05) is 12.1 Å². The van der Waals surface area contributed by atoms with E-state index in [1.165, 1.54) is 5.17 Å². The molecule has 1 N–H and O–H groups in total. The van der Waals surface area contributed by atoms with Crippen LogP contribution < -0.4 is 10.4 Å². The highest BCUT2D eigenvalue weighted by atomic mass is 79.9. The van der Waals surface area contributed by atoms with Crippen LogP contribution in [0.2, 0.25) is 0 Å². The van der Waals surface area contributed by atoms with Crippen LogP contribution in [0.15, 0.2) is 42.9 Å². The van der Waals surface area contributed by atoms with Gasteiger partial charge >= 0.3 is 0 Å². The summed E-state index contributed by atoms with van der Waals surface area (Å²) in [5.41, 5.74) is 2.67. The Morgan fingerprint density at radius 3 is 2.69 bits per heavy atom. The third kappa shape index (κ3) is 2.58. The Morgan fingerprint density at radius 2 is 2.00 bits per heavy atom. The van der Waals surface area contributed by atoms with Crippen molar-refractivity contribution in [1.29, 1.82) is 0 Å². The first kappa shape index (κ1) is 11.9. The van der Waals surface area contributed by atoms with Crippen molar-refractivity contribution in [3.63, 3.8) is 0 Å². The number of hydrogen-bond donors (Lipinski definition) is 1. The topological polar surface area (TPSA) is 36.9 Å². The number of nitrogens with zero attached hydrogens (tertiary/aromatic N) is 2. The zero-order valence-electron chi connectivity index (χ0n) is 7.82. The molecule has 7 heteroatoms. The highest BCUT2D eigenvalue weighted by Crippen LogP contribution is 2.37. The molecule has 0 saturated carbocycles. The van der Waals surface area contributed by atoms with Gasteiger partial charge in [-0.2, -0.15) is 10.6 Å². The van der Waals surface area contributed by atoms with Crippen LogP contribution in [0, 0.1) is 0 Å². The fourth-order valence-corrected chi connectivity index (χ4v) is 2.36. The number of nitrogens with one attached hydrogen (secondary N) is 1. The van der Waals surface area contributed by atoms with E-state index in [0.29, 0.717) is 5.75 Å². The minimum absolute atomic E-state index is 0.671. The second-order valence-corrected chi connectivity index (χ2v) is 5.25. The van der Waals surface area contributed by atoms with Crippen molar-refractivity contribution in [2.45, 2.75) is 0 Å². The minimum Gasteiger partial charge on any atom is -0.357 e. The summed E-state index contributed by atoms with van der Waals surface area (Å²) in [6, 6.07) is 3.73. The van der Waals surface area contributed by atoms with Crippen LogP contribution in [0.4, 0.5) is 0 Å². The summed E-state index contributed by atoms with van der Waals surface area (Å²) >= 11 is 10.3. The van der Waals surface area contributed by atoms with Crippen LogP contribution in [0.1, 0.15) is 0 Å². The van der Waals surface area contributed by atoms with Crippen molar-refractivity contribution in [3.05, 3.63) is 37.8 Å². The van der Waals surface area contributed by atoms with Gasteiger partial charge in [-0.05, 0) is 66.0 Å². The molecule has 16 heavy (non-hydrogen) atoms. The van der Waals surface area contributed by atoms with Gasteiger partial charge in [0, 0.05) is 8.95 Å². The van der Waals surface area contributed by atoms with E-state index >= 15 is 0 Å². The van der Waals surface area contributed by atoms with Gasteiger partial charge in [0.2, 0.25) is 0 Å². The third-order valence-electron chi connectivity index (χ3n) is 1.73. The number of hydroxylamine groups is 1. The van der Waals surface area contributed by atoms with Gasteiger partial charge in [-0.25, -0.2) is 0 Å². The van der Waals surface area contributed by atoms with Crippen LogP contribution >= 0.6 is 47.8 Å². The SMILES string of the molecule is Brc1ccc(ON2C=CC=NN2)c(Br)c1Br. The van der Waals surface area contributed by atoms with Crippen molar-refractivity contribution in [2.24, 2.45) is 5.10 Å². The number of hydrogen-bond acceptors (Lipinski definition) is 4. The number of hydrazone groups is 1. The Kier molecular flexibility index (Phi) is 3.88. The molecule has 0 saturated heterocycles. The van der Waals surface area contributed by atoms with Crippen molar-refractivity contribution in [2.75, 3.05) is 0 Å². The van der Waals surface area contributed by atoms with Crippen LogP contribution in [-0.4, -0.2) is 11.4 Å². The standard InChI is InChI=1S/C9H6Br3N3O/c10-6-2-3-7(9(12)8(6)11)16-15-5-1-4-13-14-15/h1-5,14H. The number of halogens is 3. The summed E-state index contributed by atoms with van der Waals surface area (Å²) in [4.78, 5) is 5.55. The van der Waals surface area contributed by atoms with Crippen molar-refractivity contribution in [3.8, 4) is 5.75 Å². The number of allylic oxidation sites excluding steroid dienone is 1. The highest BCUT2D eigenvalue weighted by molar-refractivity contribution is 9.14. The Morgan fingerprint density at radius 1 is 1.19 bits per heavy atom. The fraction of sp³-hybridized carbons (Fsp3) is 0. The van der Waals surface area contributed by atoms with Crippen molar-refractivity contribution >= 4 is 54.0 Å². The molecule has 0 radical (unpaired) electrons. The average molecular weight is 412 g/mol. The summed E-state index contributed by atoms with van der Waals surface area (Å²) < 4.78 is 2.67. The summed E-state index contributed by atoms with van der Waals surface area (Å²) in [6.45, 7) is 0. The molecule has 2 rings (SSSR count). The molecule has 0 bridgehead atoms. The maximum atomic E-state index is 5.55. The maximum absolute atomic E-state index is 5.55. The zero-order chi connectivity index (χ0) is 11.5. The molecule has 0 aliphatic carbocycles. The van der Waals surface area contributed by atoms with Gasteiger partial charge in [0.25, 0.3) is 0 Å². The van der Waals surface area contributed by atoms with Crippen LogP contribution in [0.25, 0.3) is 0 Å². The van der Waals surface area contributed by atoms with Crippen LogP contribution in [-0.2, 0) is 0 Å². The summed E-state index contributed by atoms with van der Waals surface area (Å²) in [5, 5.41) is 5.23. The monoisotopic (exact) mass is 409 g/mol. The van der Waals surface area contributed by atoms with Gasteiger partial charge in [-0.3, -0.25) is 0 Å². The van der Waals surface area contributed by atoms with Gasteiger partial charge in [-0.15, -0.1) is 5.17 Å². The van der Waals surface area contributed by atoms with Gasteiger partial charge in [0.05, 0.1) is 16.9 Å². The predicted molar refractivity (Wildman–Crippen MR) is 72.8 cm³/mol. The molecule has 1 aromatic rings. The maximum Gasteiger partial charge on any atom is 0.173 e. The summed E-state index contributed by atoms with van der Waals surface area (Å²) in [7, 11) is 0. The molecule has 0 unspecified atom stereocenters. The van der Waals surface area contributed by atoms with E-state index in [0.717, 1.165) is 13.4 Å². The molecular weight excluding hydrogens is 406 g/mol. The van der Waals surface area contributed by atoms with Gasteiger partial charge < -0.3 is 4.84 Å². The van der Waals surface area contributed by atoms with Gasteiger partial charge in [-0.1, -0.05) is 0 Å². The van der Waals surface area contributed by atoms with E-state index in [-0.39, 0.29) is 0 Å². The van der Waals surface area contributed by atoms with Crippen molar-refractivity contribution in [1.82, 2.24) is 10.7 Å². The lowest BCUT2D eigenvalue weighted by Gasteiger charge is -2.21. The van der Waals surface area contributed by atoms with E-state index in [9.17, 15) is 0 Å². The van der Waals surface area contributed by atoms with E-state index in [1.54, 1.807) is 18.5 Å². The molecule has 0 atom stereocenters. The molecule has 0 fully saturated rings. The second-order valence-electron chi connectivity index (χ2n) is 2.81. The molecule has 84 valence electrons. The third-order valence-corrected chi connectivity index (χ3v) is 5.07. The molecule has 1 aliphatic heterocycles. The first-order valence-electron chi connectivity index (χ1n) is 4.24. The lowest BCUT2D eigenvalue weighted by molar-refractivity contribution is -0.0578. The molecule has 1 aromatic carbocycles. The van der Waals surface area contributed by atoms with E-state index < -0.39 is 0 Å². The Bertz CT molecular complexity index is 462. The van der Waals surface area contributed by atoms with Gasteiger partial charge in [0.1, 0.15) is 0 Å². The largest absolute Gasteiger partial charge is 0.357 e. The summed E-state index contributed by atoms with van der Waals surface area (Å²) in [6.07, 6.45) is 5.11. The predicted octanol–water partition coefficient (Wildman–Crippen LogP) is 3.59. The van der Waals surface area contributed by atoms with E-state index in [4.69, 9.17) is 4.84 Å². The van der Waals surface area contributed by atoms with Gasteiger partial charge in [0.15, 0.2) is 5.75 Å². The smallest absolute Gasteiger partial charge is 0.173 e. The Labute approximate surface area is 118 Å². The normalized spacial score (nSPS) is 13.8. The number of hydrazine groups is 1. The first-order chi connectivity index (χ1) is 7.68. The van der Waals surface area contributed by atoms with Crippen LogP contribution in [0.3, 0.4) is 0 Å². The summed E-state index contributed by atoms with van der Waals surface area (Å²) in [5.74, 6) is 0.671. The fourth-order valence-electron chi connectivity index (χ4n) is 1.02. The molecular formula is C9H6Br3N3O. The van der Waals surface area contributed by atoms with Crippen LogP contribution in [0.5, 0.6) is 5.75 Å². The van der Waals surface area contributed by atoms with Crippen molar-refractivity contribution < 1.29 is 4.84 Å². The molecule has 0 amide bonds. The first-order valence-corrected chi connectivity index (χ1v) is 6.62. The molecule has 1 aliphatic rings. The number of benzene rings is 1.